The Morgan fingerprint density at radius 1 is 0.964 bits per heavy atom. The van der Waals surface area contributed by atoms with Gasteiger partial charge in [0.2, 0.25) is 0 Å². The highest BCUT2D eigenvalue weighted by Gasteiger charge is 2.47. The molecule has 28 heavy (non-hydrogen) atoms. The third-order valence-electron chi connectivity index (χ3n) is 5.82. The second kappa shape index (κ2) is 7.23. The summed E-state index contributed by atoms with van der Waals surface area (Å²) in [6.07, 6.45) is 0. The molecule has 0 spiro atoms. The summed E-state index contributed by atoms with van der Waals surface area (Å²) < 4.78 is 24.4. The third-order valence-corrected chi connectivity index (χ3v) is 8.55. The number of aliphatic imine (C=N–C) groups is 1. The van der Waals surface area contributed by atoms with E-state index in [0.29, 0.717) is 0 Å². The van der Waals surface area contributed by atoms with Crippen molar-refractivity contribution in [2.45, 2.75) is 45.5 Å². The number of rotatable bonds is 3. The molecule has 2 aliphatic heterocycles. The first-order chi connectivity index (χ1) is 13.2. The van der Waals surface area contributed by atoms with Crippen molar-refractivity contribution in [3.8, 4) is 0 Å². The Morgan fingerprint density at radius 2 is 1.64 bits per heavy atom. The molecule has 2 aliphatic rings. The minimum atomic E-state index is -3.02. The zero-order valence-corrected chi connectivity index (χ0v) is 18.4. The molecule has 1 fully saturated rings. The van der Waals surface area contributed by atoms with Crippen LogP contribution in [0, 0.1) is 27.7 Å². The summed E-state index contributed by atoms with van der Waals surface area (Å²) in [6.45, 7) is 8.44. The first kappa shape index (κ1) is 19.5. The Labute approximate surface area is 172 Å². The molecule has 0 aliphatic carbocycles. The maximum atomic E-state index is 12.2. The summed E-state index contributed by atoms with van der Waals surface area (Å²) >= 11 is 1.70. The summed E-state index contributed by atoms with van der Waals surface area (Å²) in [5, 5.41) is 0.936. The number of thioether (sulfide) groups is 1. The highest BCUT2D eigenvalue weighted by molar-refractivity contribution is 8.13. The Bertz CT molecular complexity index is 1060. The van der Waals surface area contributed by atoms with Crippen LogP contribution in [0.2, 0.25) is 0 Å². The van der Waals surface area contributed by atoms with Crippen LogP contribution in [0.15, 0.2) is 41.4 Å². The maximum Gasteiger partial charge on any atom is 0.164 e. The molecular formula is C22H26N2O2S2. The van der Waals surface area contributed by atoms with Crippen LogP contribution < -0.4 is 4.90 Å². The van der Waals surface area contributed by atoms with E-state index in [1.54, 1.807) is 11.8 Å². The third kappa shape index (κ3) is 3.72. The Hall–Kier alpha value is -1.79. The second-order valence-corrected chi connectivity index (χ2v) is 11.1. The molecule has 1 saturated heterocycles. The quantitative estimate of drug-likeness (QED) is 0.755. The maximum absolute atomic E-state index is 12.2. The molecule has 148 valence electrons. The first-order valence-electron chi connectivity index (χ1n) is 9.57. The molecule has 0 saturated carbocycles. The van der Waals surface area contributed by atoms with Gasteiger partial charge >= 0.3 is 0 Å². The number of fused-ring (bicyclic) bond motifs is 1. The largest absolute Gasteiger partial charge is 0.315 e. The second-order valence-electron chi connectivity index (χ2n) is 7.97. The van der Waals surface area contributed by atoms with Crippen molar-refractivity contribution in [2.24, 2.45) is 4.99 Å². The SMILES string of the molecule is Cc1ccc(CSC2=N[C@@H]3CS(=O)(=O)C[C@H]3N2c2ccc(C)c(C)c2)cc1C. The molecule has 2 aromatic rings. The van der Waals surface area contributed by atoms with Crippen molar-refractivity contribution in [1.29, 1.82) is 0 Å². The van der Waals surface area contributed by atoms with E-state index in [4.69, 9.17) is 4.99 Å². The molecule has 4 rings (SSSR count). The summed E-state index contributed by atoms with van der Waals surface area (Å²) in [5.74, 6) is 1.17. The summed E-state index contributed by atoms with van der Waals surface area (Å²) in [4.78, 5) is 7.00. The van der Waals surface area contributed by atoms with Crippen LogP contribution in [-0.2, 0) is 15.6 Å². The van der Waals surface area contributed by atoms with Gasteiger partial charge in [0.25, 0.3) is 0 Å². The number of hydrogen-bond donors (Lipinski definition) is 0. The molecule has 2 heterocycles. The van der Waals surface area contributed by atoms with Gasteiger partial charge < -0.3 is 4.90 Å². The van der Waals surface area contributed by atoms with Gasteiger partial charge in [-0.25, -0.2) is 8.42 Å². The lowest BCUT2D eigenvalue weighted by atomic mass is 10.1. The monoisotopic (exact) mass is 414 g/mol. The molecule has 6 heteroatoms. The van der Waals surface area contributed by atoms with Crippen LogP contribution in [0.25, 0.3) is 0 Å². The highest BCUT2D eigenvalue weighted by Crippen LogP contribution is 2.36. The van der Waals surface area contributed by atoms with Crippen LogP contribution in [0.3, 0.4) is 0 Å². The standard InChI is InChI=1S/C22H26N2O2S2/c1-14-5-7-18(9-16(14)3)11-27-22-23-20-12-28(25,26)13-21(20)24(22)19-8-6-15(2)17(4)10-19/h5-10,20-21H,11-13H2,1-4H3/t20-,21-/m1/s1. The van der Waals surface area contributed by atoms with E-state index in [0.717, 1.165) is 16.6 Å². The number of hydrogen-bond acceptors (Lipinski definition) is 5. The molecule has 0 aromatic heterocycles. The predicted molar refractivity (Wildman–Crippen MR) is 119 cm³/mol. The van der Waals surface area contributed by atoms with E-state index >= 15 is 0 Å². The van der Waals surface area contributed by atoms with E-state index in [9.17, 15) is 8.42 Å². The van der Waals surface area contributed by atoms with Gasteiger partial charge in [-0.1, -0.05) is 36.0 Å². The molecule has 0 N–H and O–H groups in total. The van der Waals surface area contributed by atoms with Gasteiger partial charge in [0.15, 0.2) is 15.0 Å². The fourth-order valence-electron chi connectivity index (χ4n) is 3.85. The van der Waals surface area contributed by atoms with Crippen molar-refractivity contribution in [1.82, 2.24) is 0 Å². The molecule has 0 amide bonds. The van der Waals surface area contributed by atoms with Crippen LogP contribution in [-0.4, -0.2) is 37.2 Å². The molecule has 4 nitrogen and oxygen atoms in total. The van der Waals surface area contributed by atoms with Crippen LogP contribution in [0.5, 0.6) is 0 Å². The van der Waals surface area contributed by atoms with E-state index in [1.165, 1.54) is 27.8 Å². The average molecular weight is 415 g/mol. The van der Waals surface area contributed by atoms with Crippen molar-refractivity contribution in [3.05, 3.63) is 64.2 Å². The summed E-state index contributed by atoms with van der Waals surface area (Å²) in [6, 6.07) is 12.6. The first-order valence-corrected chi connectivity index (χ1v) is 12.4. The normalized spacial score (nSPS) is 23.0. The van der Waals surface area contributed by atoms with Gasteiger partial charge in [0, 0.05) is 11.4 Å². The number of benzene rings is 2. The van der Waals surface area contributed by atoms with Crippen LogP contribution >= 0.6 is 11.8 Å². The zero-order valence-electron chi connectivity index (χ0n) is 16.8. The van der Waals surface area contributed by atoms with Gasteiger partial charge in [-0.15, -0.1) is 0 Å². The fourth-order valence-corrected chi connectivity index (χ4v) is 6.76. The molecule has 0 bridgehead atoms. The highest BCUT2D eigenvalue weighted by atomic mass is 32.2. The van der Waals surface area contributed by atoms with Gasteiger partial charge in [-0.2, -0.15) is 0 Å². The number of sulfone groups is 1. The van der Waals surface area contributed by atoms with Gasteiger partial charge in [0.1, 0.15) is 0 Å². The lowest BCUT2D eigenvalue weighted by Crippen LogP contribution is -2.39. The minimum absolute atomic E-state index is 0.0886. The Balaban J connectivity index is 1.63. The van der Waals surface area contributed by atoms with Gasteiger partial charge in [0.05, 0.1) is 23.6 Å². The minimum Gasteiger partial charge on any atom is -0.315 e. The van der Waals surface area contributed by atoms with E-state index in [-0.39, 0.29) is 23.6 Å². The molecule has 2 aromatic carbocycles. The van der Waals surface area contributed by atoms with Crippen molar-refractivity contribution < 1.29 is 8.42 Å². The van der Waals surface area contributed by atoms with Crippen LogP contribution in [0.4, 0.5) is 5.69 Å². The zero-order chi connectivity index (χ0) is 20.1. The molecule has 0 unspecified atom stereocenters. The van der Waals surface area contributed by atoms with Crippen molar-refractivity contribution in [2.75, 3.05) is 16.4 Å². The van der Waals surface area contributed by atoms with E-state index < -0.39 is 9.84 Å². The lowest BCUT2D eigenvalue weighted by Gasteiger charge is -2.27. The summed E-state index contributed by atoms with van der Waals surface area (Å²) in [5.41, 5.74) is 7.34. The van der Waals surface area contributed by atoms with Gasteiger partial charge in [-0.05, 0) is 67.6 Å². The van der Waals surface area contributed by atoms with Gasteiger partial charge in [-0.3, -0.25) is 4.99 Å². The van der Waals surface area contributed by atoms with E-state index in [1.807, 2.05) is 0 Å². The lowest BCUT2D eigenvalue weighted by molar-refractivity contribution is 0.601. The van der Waals surface area contributed by atoms with Crippen molar-refractivity contribution >= 4 is 32.5 Å². The summed E-state index contributed by atoms with van der Waals surface area (Å²) in [7, 11) is -3.02. The topological polar surface area (TPSA) is 49.7 Å². The number of aryl methyl sites for hydroxylation is 4. The van der Waals surface area contributed by atoms with Crippen molar-refractivity contribution in [3.63, 3.8) is 0 Å². The average Bonchev–Trinajstić information content (AvgIpc) is 3.09. The Kier molecular flexibility index (Phi) is 5.04. The van der Waals surface area contributed by atoms with Crippen LogP contribution in [0.1, 0.15) is 27.8 Å². The molecule has 0 radical (unpaired) electrons. The molecule has 2 atom stereocenters. The Morgan fingerprint density at radius 3 is 2.32 bits per heavy atom. The number of amidine groups is 1. The fraction of sp³-hybridized carbons (Fsp3) is 0.409. The number of anilines is 1. The number of nitrogens with zero attached hydrogens (tertiary/aromatic N) is 2. The van der Waals surface area contributed by atoms with E-state index in [2.05, 4.69) is 69.0 Å². The predicted octanol–water partition coefficient (Wildman–Crippen LogP) is 4.20. The smallest absolute Gasteiger partial charge is 0.164 e. The molecular weight excluding hydrogens is 388 g/mol.